The number of hydrogen-bond acceptors (Lipinski definition) is 5. The van der Waals surface area contributed by atoms with E-state index in [1.54, 1.807) is 30.0 Å². The van der Waals surface area contributed by atoms with Crippen LogP contribution in [0.5, 0.6) is 0 Å². The number of amides is 2. The van der Waals surface area contributed by atoms with Gasteiger partial charge in [-0.15, -0.1) is 0 Å². The van der Waals surface area contributed by atoms with Gasteiger partial charge in [0, 0.05) is 39.1 Å². The molecule has 3 rings (SSSR count). The van der Waals surface area contributed by atoms with Gasteiger partial charge < -0.3 is 15.0 Å². The predicted octanol–water partition coefficient (Wildman–Crippen LogP) is 1.81. The Hall–Kier alpha value is -2.65. The minimum absolute atomic E-state index is 0.121. The minimum atomic E-state index is -3.62. The summed E-state index contributed by atoms with van der Waals surface area (Å²) in [7, 11) is -3.62. The fraction of sp³-hybridized carbons (Fsp3) is 0.400. The van der Waals surface area contributed by atoms with Gasteiger partial charge in [-0.1, -0.05) is 30.3 Å². The molecule has 2 amide bonds. The zero-order chi connectivity index (χ0) is 20.9. The first-order valence-corrected chi connectivity index (χ1v) is 11.0. The SMILES string of the molecule is CCOC(=O)NCCC(=O)N1CCN(S(=O)(=O)c2ccc3ccccc3c2)CC1. The van der Waals surface area contributed by atoms with Crippen LogP contribution in [0.25, 0.3) is 10.8 Å². The maximum absolute atomic E-state index is 13.0. The van der Waals surface area contributed by atoms with E-state index in [1.165, 1.54) is 4.31 Å². The summed E-state index contributed by atoms with van der Waals surface area (Å²) in [6, 6.07) is 12.7. The molecule has 0 radical (unpaired) electrons. The number of rotatable bonds is 6. The van der Waals surface area contributed by atoms with E-state index in [0.29, 0.717) is 13.1 Å². The third-order valence-electron chi connectivity index (χ3n) is 4.83. The first kappa shape index (κ1) is 21.1. The molecule has 1 saturated heterocycles. The fourth-order valence-electron chi connectivity index (χ4n) is 3.27. The Morgan fingerprint density at radius 3 is 2.41 bits per heavy atom. The highest BCUT2D eigenvalue weighted by Crippen LogP contribution is 2.22. The molecule has 0 saturated carbocycles. The van der Waals surface area contributed by atoms with Gasteiger partial charge in [-0.25, -0.2) is 13.2 Å². The Bertz CT molecular complexity index is 985. The molecule has 1 aliphatic heterocycles. The first-order valence-electron chi connectivity index (χ1n) is 9.59. The molecule has 1 N–H and O–H groups in total. The Kier molecular flexibility index (Phi) is 6.71. The van der Waals surface area contributed by atoms with E-state index in [4.69, 9.17) is 4.74 Å². The summed E-state index contributed by atoms with van der Waals surface area (Å²) in [6.45, 7) is 3.30. The molecule has 1 fully saturated rings. The van der Waals surface area contributed by atoms with E-state index in [0.717, 1.165) is 10.8 Å². The second kappa shape index (κ2) is 9.23. The van der Waals surface area contributed by atoms with E-state index in [1.807, 2.05) is 24.3 Å². The quantitative estimate of drug-likeness (QED) is 0.770. The molecule has 156 valence electrons. The average Bonchev–Trinajstić information content (AvgIpc) is 2.73. The molecule has 29 heavy (non-hydrogen) atoms. The van der Waals surface area contributed by atoms with Crippen molar-refractivity contribution in [2.45, 2.75) is 18.2 Å². The second-order valence-corrected chi connectivity index (χ2v) is 8.63. The molecule has 0 aliphatic carbocycles. The third kappa shape index (κ3) is 5.04. The molecule has 0 unspecified atom stereocenters. The van der Waals surface area contributed by atoms with Crippen molar-refractivity contribution in [3.05, 3.63) is 42.5 Å². The second-order valence-electron chi connectivity index (χ2n) is 6.69. The lowest BCUT2D eigenvalue weighted by Crippen LogP contribution is -2.50. The molecule has 2 aromatic rings. The van der Waals surface area contributed by atoms with Gasteiger partial charge in [-0.2, -0.15) is 4.31 Å². The van der Waals surface area contributed by atoms with Crippen LogP contribution in [0.4, 0.5) is 4.79 Å². The van der Waals surface area contributed by atoms with Gasteiger partial charge in [0.15, 0.2) is 0 Å². The first-order chi connectivity index (χ1) is 13.9. The molecule has 1 aliphatic rings. The Morgan fingerprint density at radius 1 is 1.03 bits per heavy atom. The number of piperazine rings is 1. The number of carbonyl (C=O) groups excluding carboxylic acids is 2. The smallest absolute Gasteiger partial charge is 0.407 e. The highest BCUT2D eigenvalue weighted by Gasteiger charge is 2.30. The van der Waals surface area contributed by atoms with E-state index in [2.05, 4.69) is 5.32 Å². The van der Waals surface area contributed by atoms with Gasteiger partial charge >= 0.3 is 6.09 Å². The van der Waals surface area contributed by atoms with E-state index in [9.17, 15) is 18.0 Å². The monoisotopic (exact) mass is 419 g/mol. The van der Waals surface area contributed by atoms with E-state index in [-0.39, 0.29) is 43.5 Å². The molecule has 0 aromatic heterocycles. The van der Waals surface area contributed by atoms with Crippen molar-refractivity contribution < 1.29 is 22.7 Å². The molecule has 9 heteroatoms. The van der Waals surface area contributed by atoms with Crippen molar-refractivity contribution in [1.29, 1.82) is 0 Å². The lowest BCUT2D eigenvalue weighted by Gasteiger charge is -2.34. The number of nitrogens with zero attached hydrogens (tertiary/aromatic N) is 2. The summed E-state index contributed by atoms with van der Waals surface area (Å²) in [6.07, 6.45) is -0.400. The van der Waals surface area contributed by atoms with Crippen LogP contribution in [0, 0.1) is 0 Å². The van der Waals surface area contributed by atoms with Crippen molar-refractivity contribution in [3.63, 3.8) is 0 Å². The van der Waals surface area contributed by atoms with E-state index >= 15 is 0 Å². The number of alkyl carbamates (subject to hydrolysis) is 1. The van der Waals surface area contributed by atoms with Gasteiger partial charge in [0.2, 0.25) is 15.9 Å². The van der Waals surface area contributed by atoms with Crippen molar-refractivity contribution >= 4 is 32.8 Å². The van der Waals surface area contributed by atoms with Crippen LogP contribution in [-0.2, 0) is 19.6 Å². The average molecular weight is 420 g/mol. The molecule has 1 heterocycles. The molecular weight excluding hydrogens is 394 g/mol. The van der Waals surface area contributed by atoms with Crippen LogP contribution in [0.15, 0.2) is 47.4 Å². The summed E-state index contributed by atoms with van der Waals surface area (Å²) in [5, 5.41) is 4.36. The van der Waals surface area contributed by atoms with Crippen LogP contribution in [0.2, 0.25) is 0 Å². The van der Waals surface area contributed by atoms with Gasteiger partial charge in [0.05, 0.1) is 11.5 Å². The van der Waals surface area contributed by atoms with Crippen molar-refractivity contribution in [2.24, 2.45) is 0 Å². The predicted molar refractivity (Wildman–Crippen MR) is 109 cm³/mol. The normalized spacial score (nSPS) is 15.3. The van der Waals surface area contributed by atoms with E-state index < -0.39 is 16.1 Å². The maximum Gasteiger partial charge on any atom is 0.407 e. The van der Waals surface area contributed by atoms with Crippen molar-refractivity contribution in [3.8, 4) is 0 Å². The lowest BCUT2D eigenvalue weighted by atomic mass is 10.1. The number of ether oxygens (including phenoxy) is 1. The minimum Gasteiger partial charge on any atom is -0.450 e. The number of nitrogens with one attached hydrogen (secondary N) is 1. The zero-order valence-electron chi connectivity index (χ0n) is 16.3. The lowest BCUT2D eigenvalue weighted by molar-refractivity contribution is -0.132. The molecule has 0 bridgehead atoms. The van der Waals surface area contributed by atoms with Crippen molar-refractivity contribution in [1.82, 2.24) is 14.5 Å². The number of hydrogen-bond donors (Lipinski definition) is 1. The van der Waals surface area contributed by atoms with Gasteiger partial charge in [0.1, 0.15) is 0 Å². The standard InChI is InChI=1S/C20H25N3O5S/c1-2-28-20(25)21-10-9-19(24)22-11-13-23(14-12-22)29(26,27)18-8-7-16-5-3-4-6-17(16)15-18/h3-8,15H,2,9-14H2,1H3,(H,21,25). The topological polar surface area (TPSA) is 96.0 Å². The van der Waals surface area contributed by atoms with Gasteiger partial charge in [-0.3, -0.25) is 4.79 Å². The molecular formula is C20H25N3O5S. The summed E-state index contributed by atoms with van der Waals surface area (Å²) in [4.78, 5) is 25.4. The third-order valence-corrected chi connectivity index (χ3v) is 6.73. The highest BCUT2D eigenvalue weighted by molar-refractivity contribution is 7.89. The fourth-order valence-corrected chi connectivity index (χ4v) is 4.72. The van der Waals surface area contributed by atoms with Crippen LogP contribution in [0.1, 0.15) is 13.3 Å². The van der Waals surface area contributed by atoms with Crippen molar-refractivity contribution in [2.75, 3.05) is 39.3 Å². The van der Waals surface area contributed by atoms with Gasteiger partial charge in [0.25, 0.3) is 0 Å². The Labute approximate surface area is 170 Å². The number of carbonyl (C=O) groups is 2. The highest BCUT2D eigenvalue weighted by atomic mass is 32.2. The number of sulfonamides is 1. The molecule has 2 aromatic carbocycles. The Balaban J connectivity index is 1.56. The number of benzene rings is 2. The molecule has 0 atom stereocenters. The van der Waals surface area contributed by atoms with Crippen LogP contribution in [-0.4, -0.2) is 69.0 Å². The largest absolute Gasteiger partial charge is 0.450 e. The van der Waals surface area contributed by atoms with Gasteiger partial charge in [-0.05, 0) is 29.8 Å². The molecule has 8 nitrogen and oxygen atoms in total. The van der Waals surface area contributed by atoms with Crippen LogP contribution >= 0.6 is 0 Å². The summed E-state index contributed by atoms with van der Waals surface area (Å²) >= 11 is 0. The summed E-state index contributed by atoms with van der Waals surface area (Å²) < 4.78 is 32.1. The maximum atomic E-state index is 13.0. The Morgan fingerprint density at radius 2 is 1.72 bits per heavy atom. The summed E-state index contributed by atoms with van der Waals surface area (Å²) in [5.74, 6) is -0.121. The zero-order valence-corrected chi connectivity index (χ0v) is 17.2. The van der Waals surface area contributed by atoms with Crippen LogP contribution < -0.4 is 5.32 Å². The number of fused-ring (bicyclic) bond motifs is 1. The summed E-state index contributed by atoms with van der Waals surface area (Å²) in [5.41, 5.74) is 0. The molecule has 0 spiro atoms. The van der Waals surface area contributed by atoms with Crippen LogP contribution in [0.3, 0.4) is 0 Å².